The first kappa shape index (κ1) is 14.9. The molecule has 108 valence electrons. The van der Waals surface area contributed by atoms with E-state index in [2.05, 4.69) is 15.5 Å². The number of halogens is 2. The van der Waals surface area contributed by atoms with Crippen molar-refractivity contribution in [2.24, 2.45) is 0 Å². The number of rotatable bonds is 2. The second-order valence-electron chi connectivity index (χ2n) is 4.50. The van der Waals surface area contributed by atoms with Crippen LogP contribution in [0, 0.1) is 12.7 Å². The van der Waals surface area contributed by atoms with Crippen molar-refractivity contribution in [1.82, 2.24) is 15.5 Å². The highest BCUT2D eigenvalue weighted by Crippen LogP contribution is 2.21. The SMILES string of the molecule is Cc1ccc(-c2noc(C3COCCN3)n2)cc1F.Cl. The maximum Gasteiger partial charge on any atom is 0.246 e. The molecule has 3 rings (SSSR count). The van der Waals surface area contributed by atoms with Crippen LogP contribution in [0.1, 0.15) is 17.5 Å². The minimum atomic E-state index is -0.275. The van der Waals surface area contributed by atoms with Crippen molar-refractivity contribution in [2.45, 2.75) is 13.0 Å². The number of aromatic nitrogens is 2. The van der Waals surface area contributed by atoms with Gasteiger partial charge in [0.05, 0.1) is 13.2 Å². The Labute approximate surface area is 121 Å². The normalized spacial score (nSPS) is 18.6. The molecule has 7 heteroatoms. The Morgan fingerprint density at radius 2 is 2.25 bits per heavy atom. The van der Waals surface area contributed by atoms with Crippen molar-refractivity contribution in [1.29, 1.82) is 0 Å². The molecule has 1 fully saturated rings. The fourth-order valence-electron chi connectivity index (χ4n) is 1.95. The number of benzene rings is 1. The van der Waals surface area contributed by atoms with Gasteiger partial charge in [0.25, 0.3) is 0 Å². The topological polar surface area (TPSA) is 60.2 Å². The van der Waals surface area contributed by atoms with Crippen LogP contribution >= 0.6 is 12.4 Å². The lowest BCUT2D eigenvalue weighted by atomic mass is 10.1. The molecule has 2 heterocycles. The quantitative estimate of drug-likeness (QED) is 0.922. The second kappa shape index (κ2) is 6.30. The van der Waals surface area contributed by atoms with Crippen molar-refractivity contribution in [3.63, 3.8) is 0 Å². The molecule has 0 saturated carbocycles. The summed E-state index contributed by atoms with van der Waals surface area (Å²) in [4.78, 5) is 4.29. The van der Waals surface area contributed by atoms with E-state index in [1.807, 2.05) is 0 Å². The molecule has 5 nitrogen and oxygen atoms in total. The first-order valence-electron chi connectivity index (χ1n) is 6.15. The van der Waals surface area contributed by atoms with Gasteiger partial charge < -0.3 is 14.6 Å². The molecule has 1 aromatic carbocycles. The van der Waals surface area contributed by atoms with Crippen molar-refractivity contribution in [2.75, 3.05) is 19.8 Å². The van der Waals surface area contributed by atoms with Crippen LogP contribution in [0.5, 0.6) is 0 Å². The molecule has 0 radical (unpaired) electrons. The van der Waals surface area contributed by atoms with Gasteiger partial charge in [0.2, 0.25) is 11.7 Å². The smallest absolute Gasteiger partial charge is 0.246 e. The summed E-state index contributed by atoms with van der Waals surface area (Å²) in [6, 6.07) is 4.79. The summed E-state index contributed by atoms with van der Waals surface area (Å²) in [5, 5.41) is 7.11. The van der Waals surface area contributed by atoms with Gasteiger partial charge in [-0.2, -0.15) is 4.98 Å². The summed E-state index contributed by atoms with van der Waals surface area (Å²) >= 11 is 0. The Morgan fingerprint density at radius 3 is 2.95 bits per heavy atom. The van der Waals surface area contributed by atoms with Gasteiger partial charge in [0.1, 0.15) is 11.9 Å². The molecule has 1 N–H and O–H groups in total. The van der Waals surface area contributed by atoms with E-state index >= 15 is 0 Å². The van der Waals surface area contributed by atoms with Gasteiger partial charge in [-0.15, -0.1) is 12.4 Å². The third kappa shape index (κ3) is 2.98. The Hall–Kier alpha value is -1.50. The maximum absolute atomic E-state index is 13.5. The number of hydrogen-bond donors (Lipinski definition) is 1. The van der Waals surface area contributed by atoms with Crippen LogP contribution in [0.4, 0.5) is 4.39 Å². The lowest BCUT2D eigenvalue weighted by molar-refractivity contribution is 0.0659. The molecule has 1 atom stereocenters. The number of aryl methyl sites for hydroxylation is 1. The Kier molecular flexibility index (Phi) is 4.69. The zero-order chi connectivity index (χ0) is 13.2. The van der Waals surface area contributed by atoms with E-state index in [4.69, 9.17) is 9.26 Å². The van der Waals surface area contributed by atoms with E-state index in [0.717, 1.165) is 6.54 Å². The molecule has 0 spiro atoms. The standard InChI is InChI=1S/C13H14FN3O2.ClH/c1-8-2-3-9(6-10(8)14)12-16-13(19-17-12)11-7-18-5-4-15-11;/h2-3,6,11,15H,4-5,7H2,1H3;1H. The molecule has 1 saturated heterocycles. The second-order valence-corrected chi connectivity index (χ2v) is 4.50. The van der Waals surface area contributed by atoms with Crippen LogP contribution in [0.25, 0.3) is 11.4 Å². The average Bonchev–Trinajstić information content (AvgIpc) is 2.93. The van der Waals surface area contributed by atoms with Crippen molar-refractivity contribution in [3.8, 4) is 11.4 Å². The highest BCUT2D eigenvalue weighted by Gasteiger charge is 2.22. The lowest BCUT2D eigenvalue weighted by Crippen LogP contribution is -2.34. The van der Waals surface area contributed by atoms with Gasteiger partial charge in [-0.1, -0.05) is 17.3 Å². The number of morpholine rings is 1. The van der Waals surface area contributed by atoms with Crippen molar-refractivity contribution in [3.05, 3.63) is 35.5 Å². The number of hydrogen-bond acceptors (Lipinski definition) is 5. The van der Waals surface area contributed by atoms with Gasteiger partial charge >= 0.3 is 0 Å². The van der Waals surface area contributed by atoms with Crippen LogP contribution in [-0.4, -0.2) is 29.9 Å². The first-order valence-corrected chi connectivity index (χ1v) is 6.15. The summed E-state index contributed by atoms with van der Waals surface area (Å²) in [7, 11) is 0. The van der Waals surface area contributed by atoms with Crippen LogP contribution in [-0.2, 0) is 4.74 Å². The van der Waals surface area contributed by atoms with Gasteiger partial charge in [0, 0.05) is 12.1 Å². The minimum absolute atomic E-state index is 0. The summed E-state index contributed by atoms with van der Waals surface area (Å²) in [6.45, 7) is 3.65. The molecule has 0 aliphatic carbocycles. The van der Waals surface area contributed by atoms with E-state index in [1.165, 1.54) is 6.07 Å². The molecular weight excluding hydrogens is 285 g/mol. The summed E-state index contributed by atoms with van der Waals surface area (Å²) in [5.74, 6) is 0.583. The molecule has 1 unspecified atom stereocenters. The molecule has 1 aromatic heterocycles. The monoisotopic (exact) mass is 299 g/mol. The molecular formula is C13H15ClFN3O2. The van der Waals surface area contributed by atoms with Crippen molar-refractivity contribution < 1.29 is 13.7 Å². The molecule has 0 bridgehead atoms. The number of nitrogens with zero attached hydrogens (tertiary/aromatic N) is 2. The van der Waals surface area contributed by atoms with Crippen LogP contribution < -0.4 is 5.32 Å². The predicted octanol–water partition coefficient (Wildman–Crippen LogP) is 2.27. The highest BCUT2D eigenvalue weighted by molar-refractivity contribution is 5.85. The maximum atomic E-state index is 13.5. The van der Waals surface area contributed by atoms with Crippen LogP contribution in [0.2, 0.25) is 0 Å². The van der Waals surface area contributed by atoms with E-state index in [9.17, 15) is 4.39 Å². The molecule has 0 amide bonds. The molecule has 2 aromatic rings. The predicted molar refractivity (Wildman–Crippen MR) is 73.2 cm³/mol. The van der Waals surface area contributed by atoms with E-state index < -0.39 is 0 Å². The Bertz CT molecular complexity index is 585. The fraction of sp³-hybridized carbons (Fsp3) is 0.385. The number of nitrogens with one attached hydrogen (secondary N) is 1. The minimum Gasteiger partial charge on any atom is -0.378 e. The first-order chi connectivity index (χ1) is 9.24. The fourth-order valence-corrected chi connectivity index (χ4v) is 1.95. The van der Waals surface area contributed by atoms with Gasteiger partial charge in [-0.3, -0.25) is 0 Å². The number of ether oxygens (including phenoxy) is 1. The largest absolute Gasteiger partial charge is 0.378 e. The lowest BCUT2D eigenvalue weighted by Gasteiger charge is -2.20. The summed E-state index contributed by atoms with van der Waals surface area (Å²) in [5.41, 5.74) is 1.20. The van der Waals surface area contributed by atoms with Crippen LogP contribution in [0.15, 0.2) is 22.7 Å². The Morgan fingerprint density at radius 1 is 1.40 bits per heavy atom. The van der Waals surface area contributed by atoms with E-state index in [-0.39, 0.29) is 24.3 Å². The van der Waals surface area contributed by atoms with E-state index in [1.54, 1.807) is 19.1 Å². The van der Waals surface area contributed by atoms with Crippen molar-refractivity contribution >= 4 is 12.4 Å². The van der Waals surface area contributed by atoms with Crippen LogP contribution in [0.3, 0.4) is 0 Å². The van der Waals surface area contributed by atoms with Gasteiger partial charge in [-0.05, 0) is 18.6 Å². The molecule has 1 aliphatic heterocycles. The zero-order valence-corrected chi connectivity index (χ0v) is 11.7. The zero-order valence-electron chi connectivity index (χ0n) is 10.9. The van der Waals surface area contributed by atoms with Gasteiger partial charge in [-0.25, -0.2) is 4.39 Å². The third-order valence-electron chi connectivity index (χ3n) is 3.09. The van der Waals surface area contributed by atoms with E-state index in [0.29, 0.717) is 36.1 Å². The molecule has 20 heavy (non-hydrogen) atoms. The average molecular weight is 300 g/mol. The summed E-state index contributed by atoms with van der Waals surface area (Å²) in [6.07, 6.45) is 0. The third-order valence-corrected chi connectivity index (χ3v) is 3.09. The van der Waals surface area contributed by atoms with Gasteiger partial charge in [0.15, 0.2) is 0 Å². The Balaban J connectivity index is 0.00000147. The molecule has 1 aliphatic rings. The highest BCUT2D eigenvalue weighted by atomic mass is 35.5. The summed E-state index contributed by atoms with van der Waals surface area (Å²) < 4.78 is 24.0.